The first kappa shape index (κ1) is 35.2. The number of aromatic amines is 1. The third-order valence-corrected chi connectivity index (χ3v) is 7.64. The quantitative estimate of drug-likeness (QED) is 0.0723. The van der Waals surface area contributed by atoms with Gasteiger partial charge in [-0.1, -0.05) is 33.1 Å². The molecular weight excluding hydrogens is 592 g/mol. The van der Waals surface area contributed by atoms with Crippen LogP contribution in [0.4, 0.5) is 4.79 Å². The summed E-state index contributed by atoms with van der Waals surface area (Å²) in [6.07, 6.45) is 0.398. The maximum absolute atomic E-state index is 12.8. The van der Waals surface area contributed by atoms with E-state index in [2.05, 4.69) is 20.0 Å². The Balaban J connectivity index is 1.83. The van der Waals surface area contributed by atoms with Crippen molar-refractivity contribution >= 4 is 36.2 Å². The van der Waals surface area contributed by atoms with E-state index in [1.807, 2.05) is 6.07 Å². The Hall–Kier alpha value is -4.33. The molecule has 1 aliphatic carbocycles. The van der Waals surface area contributed by atoms with E-state index < -0.39 is 67.4 Å². The number of carbonyl (C=O) groups excluding carboxylic acids is 4. The average molecular weight is 633 g/mol. The highest BCUT2D eigenvalue weighted by Crippen LogP contribution is 2.41. The molecular formula is C29H40N6O10. The van der Waals surface area contributed by atoms with Crippen LogP contribution in [0.25, 0.3) is 0 Å². The third kappa shape index (κ3) is 9.10. The van der Waals surface area contributed by atoms with Crippen LogP contribution < -0.4 is 11.1 Å². The number of aliphatic hydroxyl groups is 1. The molecule has 0 bridgehead atoms. The Bertz CT molecular complexity index is 1300. The lowest BCUT2D eigenvalue weighted by molar-refractivity contribution is -0.162. The number of carbonyl (C=O) groups is 4. The number of esters is 3. The van der Waals surface area contributed by atoms with Gasteiger partial charge in [0, 0.05) is 13.3 Å². The molecule has 1 aromatic heterocycles. The number of hydrogen-bond donors (Lipinski definition) is 5. The molecule has 0 unspecified atom stereocenters. The second-order valence-corrected chi connectivity index (χ2v) is 11.2. The number of amidine groups is 1. The highest BCUT2D eigenvalue weighted by atomic mass is 16.7. The summed E-state index contributed by atoms with van der Waals surface area (Å²) in [5.74, 6) is -2.29. The minimum atomic E-state index is -2.16. The van der Waals surface area contributed by atoms with Gasteiger partial charge in [-0.25, -0.2) is 9.79 Å². The van der Waals surface area contributed by atoms with Crippen molar-refractivity contribution in [1.82, 2.24) is 10.3 Å². The normalized spacial score (nSPS) is 24.3. The lowest BCUT2D eigenvalue weighted by Gasteiger charge is -2.25. The van der Waals surface area contributed by atoms with Gasteiger partial charge in [-0.3, -0.25) is 25.1 Å². The number of rotatable bonds is 12. The number of alkyl carbamates (subject to hydrolysis) is 1. The van der Waals surface area contributed by atoms with Gasteiger partial charge in [-0.2, -0.15) is 5.26 Å². The van der Waals surface area contributed by atoms with Crippen molar-refractivity contribution in [3.63, 3.8) is 0 Å². The summed E-state index contributed by atoms with van der Waals surface area (Å²) in [5, 5.41) is 31.4. The Morgan fingerprint density at radius 3 is 2.58 bits per heavy atom. The molecule has 2 aliphatic rings. The molecule has 246 valence electrons. The standard InChI is InChI=1S/C29H40N6O10/c1-16(2)23(32)27(39)44-24-20(12-41-22(37)11-18-7-5-4-6-8-18)45-29(13-30,25(24)38)21-10-9-19(34-21)26(33-14-31)35-28(40)43-15-42-17(3)36/h9-10,14,16,18,20,23-25,34,38H,4-8,11-12,15,32H2,1-3H3,(H2,31,33,35,40)/t20-,23+,24-,25-,29+/m1/s1. The average Bonchev–Trinajstić information content (AvgIpc) is 3.60. The molecule has 6 N–H and O–H groups in total. The fourth-order valence-electron chi connectivity index (χ4n) is 5.08. The Morgan fingerprint density at radius 2 is 1.96 bits per heavy atom. The van der Waals surface area contributed by atoms with Crippen molar-refractivity contribution in [2.24, 2.45) is 22.6 Å². The van der Waals surface area contributed by atoms with Crippen LogP contribution in [0.1, 0.15) is 70.7 Å². The van der Waals surface area contributed by atoms with Crippen LogP contribution in [0, 0.1) is 28.6 Å². The van der Waals surface area contributed by atoms with E-state index in [1.165, 1.54) is 12.1 Å². The van der Waals surface area contributed by atoms with Crippen molar-refractivity contribution in [2.75, 3.05) is 13.4 Å². The minimum Gasteiger partial charge on any atom is -0.463 e. The molecule has 5 atom stereocenters. The Morgan fingerprint density at radius 1 is 1.24 bits per heavy atom. The van der Waals surface area contributed by atoms with E-state index in [1.54, 1.807) is 13.8 Å². The number of hydrogen-bond acceptors (Lipinski definition) is 13. The van der Waals surface area contributed by atoms with E-state index >= 15 is 0 Å². The smallest absolute Gasteiger partial charge is 0.415 e. The first-order valence-electron chi connectivity index (χ1n) is 14.6. The lowest BCUT2D eigenvalue weighted by Crippen LogP contribution is -2.46. The van der Waals surface area contributed by atoms with Gasteiger partial charge in [0.1, 0.15) is 37.3 Å². The summed E-state index contributed by atoms with van der Waals surface area (Å²) in [7, 11) is 0. The number of nitriles is 1. The summed E-state index contributed by atoms with van der Waals surface area (Å²) in [4.78, 5) is 55.1. The maximum Gasteiger partial charge on any atom is 0.415 e. The molecule has 1 aliphatic heterocycles. The molecule has 1 saturated heterocycles. The fourth-order valence-corrected chi connectivity index (χ4v) is 5.08. The zero-order valence-corrected chi connectivity index (χ0v) is 25.4. The number of aliphatic hydroxyl groups excluding tert-OH is 1. The molecule has 16 nitrogen and oxygen atoms in total. The van der Waals surface area contributed by atoms with Gasteiger partial charge < -0.3 is 39.5 Å². The molecule has 2 fully saturated rings. The lowest BCUT2D eigenvalue weighted by atomic mass is 9.87. The van der Waals surface area contributed by atoms with Crippen LogP contribution in [0.2, 0.25) is 0 Å². The van der Waals surface area contributed by atoms with Crippen LogP contribution in [-0.2, 0) is 43.7 Å². The summed E-state index contributed by atoms with van der Waals surface area (Å²) >= 11 is 0. The van der Waals surface area contributed by atoms with Crippen LogP contribution in [0.5, 0.6) is 0 Å². The van der Waals surface area contributed by atoms with Crippen LogP contribution in [0.3, 0.4) is 0 Å². The number of amides is 1. The molecule has 0 spiro atoms. The number of nitrogens with zero attached hydrogens (tertiary/aromatic N) is 2. The van der Waals surface area contributed by atoms with Crippen LogP contribution in [0.15, 0.2) is 17.1 Å². The third-order valence-electron chi connectivity index (χ3n) is 7.64. The summed E-state index contributed by atoms with van der Waals surface area (Å²) in [5.41, 5.74) is 3.85. The fraction of sp³-hybridized carbons (Fsp3) is 0.621. The van der Waals surface area contributed by atoms with E-state index in [4.69, 9.17) is 30.1 Å². The summed E-state index contributed by atoms with van der Waals surface area (Å²) in [6.45, 7) is 3.48. The zero-order valence-electron chi connectivity index (χ0n) is 25.4. The van der Waals surface area contributed by atoms with Crippen molar-refractivity contribution in [3.8, 4) is 6.07 Å². The largest absolute Gasteiger partial charge is 0.463 e. The second kappa shape index (κ2) is 16.1. The van der Waals surface area contributed by atoms with Crippen molar-refractivity contribution in [3.05, 3.63) is 23.5 Å². The van der Waals surface area contributed by atoms with Crippen molar-refractivity contribution in [2.45, 2.75) is 89.3 Å². The number of nitrogens with two attached hydrogens (primary N) is 1. The first-order chi connectivity index (χ1) is 21.4. The predicted octanol–water partition coefficient (Wildman–Crippen LogP) is 1.50. The van der Waals surface area contributed by atoms with Gasteiger partial charge in [0.2, 0.25) is 12.4 Å². The number of H-pyrrole nitrogens is 1. The molecule has 1 amide bonds. The minimum absolute atomic E-state index is 0.0227. The van der Waals surface area contributed by atoms with Gasteiger partial charge in [0.25, 0.3) is 0 Å². The number of aliphatic imine (C=N–C) groups is 1. The van der Waals surface area contributed by atoms with Crippen LogP contribution in [-0.4, -0.2) is 84.0 Å². The van der Waals surface area contributed by atoms with Crippen molar-refractivity contribution < 1.29 is 48.0 Å². The summed E-state index contributed by atoms with van der Waals surface area (Å²) in [6, 6.07) is 3.64. The van der Waals surface area contributed by atoms with E-state index in [-0.39, 0.29) is 35.5 Å². The number of ether oxygens (including phenoxy) is 5. The molecule has 0 radical (unpaired) electrons. The first-order valence-corrected chi connectivity index (χ1v) is 14.6. The SMILES string of the molecule is CC(=O)OCOC(=O)NC(=NC=N)c1ccc([C@]2(C#N)O[C@H](COC(=O)CC3CCCCC3)[C@@H](OC(=O)[C@@H](N)C(C)C)[C@H]2O)[nH]1. The van der Waals surface area contributed by atoms with Gasteiger partial charge >= 0.3 is 24.0 Å². The zero-order chi connectivity index (χ0) is 33.1. The highest BCUT2D eigenvalue weighted by molar-refractivity contribution is 6.07. The van der Waals surface area contributed by atoms with Gasteiger partial charge in [0.05, 0.1) is 11.4 Å². The molecule has 2 heterocycles. The highest BCUT2D eigenvalue weighted by Gasteiger charge is 2.59. The van der Waals surface area contributed by atoms with Gasteiger partial charge in [0.15, 0.2) is 11.9 Å². The molecule has 0 aromatic carbocycles. The van der Waals surface area contributed by atoms with Gasteiger partial charge in [-0.15, -0.1) is 0 Å². The number of nitrogens with one attached hydrogen (secondary N) is 3. The maximum atomic E-state index is 12.8. The molecule has 1 saturated carbocycles. The molecule has 16 heteroatoms. The predicted molar refractivity (Wildman–Crippen MR) is 155 cm³/mol. The van der Waals surface area contributed by atoms with Gasteiger partial charge in [-0.05, 0) is 36.8 Å². The van der Waals surface area contributed by atoms with E-state index in [0.717, 1.165) is 39.0 Å². The van der Waals surface area contributed by atoms with Crippen LogP contribution >= 0.6 is 0 Å². The molecule has 1 aromatic rings. The molecule has 3 rings (SSSR count). The Kier molecular flexibility index (Phi) is 12.6. The topological polar surface area (TPSA) is 248 Å². The monoisotopic (exact) mass is 632 g/mol. The Labute approximate surface area is 260 Å². The second-order valence-electron chi connectivity index (χ2n) is 11.2. The van der Waals surface area contributed by atoms with E-state index in [0.29, 0.717) is 6.34 Å². The summed E-state index contributed by atoms with van der Waals surface area (Å²) < 4.78 is 26.3. The van der Waals surface area contributed by atoms with E-state index in [9.17, 15) is 29.5 Å². The number of aromatic nitrogens is 1. The van der Waals surface area contributed by atoms with Crippen molar-refractivity contribution in [1.29, 1.82) is 10.7 Å². The molecule has 45 heavy (non-hydrogen) atoms.